The Morgan fingerprint density at radius 1 is 1.18 bits per heavy atom. The molecule has 1 nitrogen and oxygen atoms in total. The van der Waals surface area contributed by atoms with Crippen LogP contribution in [-0.2, 0) is 0 Å². The number of carbonyl (C=O) groups is 1. The fourth-order valence-corrected chi connectivity index (χ4v) is 8.73. The third-order valence-electron chi connectivity index (χ3n) is 4.83. The highest BCUT2D eigenvalue weighted by atomic mass is 35.5. The number of rotatable bonds is 7. The van der Waals surface area contributed by atoms with E-state index in [0.29, 0.717) is 10.7 Å². The molecule has 1 aromatic carbocycles. The van der Waals surface area contributed by atoms with Crippen LogP contribution in [0.5, 0.6) is 0 Å². The van der Waals surface area contributed by atoms with E-state index >= 15 is 0 Å². The van der Waals surface area contributed by atoms with Crippen molar-refractivity contribution >= 4 is 24.6 Å². The van der Waals surface area contributed by atoms with Gasteiger partial charge in [-0.05, 0) is 65.3 Å². The van der Waals surface area contributed by atoms with Gasteiger partial charge in [0.25, 0.3) is 0 Å². The number of Topliss-reactive ketones (excluding diaryl/α,β-unsaturated/α-hetero) is 1. The molecule has 1 atom stereocenters. The standard InChI is InChI=1S/C19H31ClOP/c1-7-8-13-22(15(2)3,19(4,5)6)14-18(21)16-9-11-17(20)12-10-16/h9-12,15H,7-8,13-14H2,1-6H3/q+1. The minimum atomic E-state index is -1.38. The first kappa shape index (κ1) is 19.7. The number of carbonyl (C=O) groups excluding carboxylic acids is 1. The number of hydrogen-bond acceptors (Lipinski definition) is 1. The van der Waals surface area contributed by atoms with E-state index in [2.05, 4.69) is 41.5 Å². The fraction of sp³-hybridized carbons (Fsp3) is 0.632. The molecule has 0 saturated carbocycles. The first-order valence-corrected chi connectivity index (χ1v) is 10.9. The Morgan fingerprint density at radius 2 is 1.73 bits per heavy atom. The molecule has 124 valence electrons. The molecule has 0 aliphatic rings. The molecule has 1 unspecified atom stereocenters. The molecule has 0 aliphatic heterocycles. The second-order valence-corrected chi connectivity index (χ2v) is 13.1. The molecule has 1 rings (SSSR count). The van der Waals surface area contributed by atoms with Gasteiger partial charge in [-0.25, -0.2) is 0 Å². The van der Waals surface area contributed by atoms with Gasteiger partial charge in [0.05, 0.1) is 17.0 Å². The molecule has 0 fully saturated rings. The highest BCUT2D eigenvalue weighted by Crippen LogP contribution is 2.72. The van der Waals surface area contributed by atoms with E-state index in [9.17, 15) is 4.79 Å². The van der Waals surface area contributed by atoms with Crippen LogP contribution in [0.4, 0.5) is 0 Å². The van der Waals surface area contributed by atoms with Gasteiger partial charge < -0.3 is 0 Å². The molecular weight excluding hydrogens is 311 g/mol. The first-order valence-electron chi connectivity index (χ1n) is 8.29. The molecular formula is C19H31ClOP+. The van der Waals surface area contributed by atoms with Crippen molar-refractivity contribution in [1.29, 1.82) is 0 Å². The number of ketones is 1. The van der Waals surface area contributed by atoms with E-state index in [1.54, 1.807) is 0 Å². The Bertz CT molecular complexity index is 487. The van der Waals surface area contributed by atoms with Crippen molar-refractivity contribution in [3.05, 3.63) is 34.9 Å². The van der Waals surface area contributed by atoms with Crippen LogP contribution >= 0.6 is 18.9 Å². The van der Waals surface area contributed by atoms with Crippen molar-refractivity contribution in [3.63, 3.8) is 0 Å². The summed E-state index contributed by atoms with van der Waals surface area (Å²) in [5.41, 5.74) is 1.38. The van der Waals surface area contributed by atoms with Crippen LogP contribution in [0.15, 0.2) is 24.3 Å². The Morgan fingerprint density at radius 3 is 2.14 bits per heavy atom. The maximum atomic E-state index is 12.9. The van der Waals surface area contributed by atoms with Gasteiger partial charge in [-0.15, -0.1) is 0 Å². The molecule has 0 N–H and O–H groups in total. The molecule has 0 saturated heterocycles. The van der Waals surface area contributed by atoms with Crippen LogP contribution < -0.4 is 0 Å². The molecule has 22 heavy (non-hydrogen) atoms. The van der Waals surface area contributed by atoms with E-state index in [4.69, 9.17) is 11.6 Å². The maximum absolute atomic E-state index is 12.9. The van der Waals surface area contributed by atoms with E-state index in [-0.39, 0.29) is 10.9 Å². The van der Waals surface area contributed by atoms with E-state index < -0.39 is 7.26 Å². The summed E-state index contributed by atoms with van der Waals surface area (Å²) in [7, 11) is -1.38. The zero-order valence-electron chi connectivity index (χ0n) is 14.9. The summed E-state index contributed by atoms with van der Waals surface area (Å²) in [6.45, 7) is 13.8. The van der Waals surface area contributed by atoms with Crippen molar-refractivity contribution in [3.8, 4) is 0 Å². The number of unbranched alkanes of at least 4 members (excludes halogenated alkanes) is 1. The van der Waals surface area contributed by atoms with Crippen molar-refractivity contribution < 1.29 is 4.79 Å². The summed E-state index contributed by atoms with van der Waals surface area (Å²) in [5, 5.41) is 0.890. The Balaban J connectivity index is 3.11. The van der Waals surface area contributed by atoms with Gasteiger partial charge >= 0.3 is 0 Å². The van der Waals surface area contributed by atoms with Gasteiger partial charge in [-0.1, -0.05) is 24.9 Å². The maximum Gasteiger partial charge on any atom is 0.199 e. The van der Waals surface area contributed by atoms with Gasteiger partial charge in [-0.2, -0.15) is 0 Å². The molecule has 0 aliphatic carbocycles. The molecule has 0 amide bonds. The molecule has 3 heteroatoms. The number of halogens is 1. The second kappa shape index (κ2) is 7.93. The summed E-state index contributed by atoms with van der Waals surface area (Å²) in [6.07, 6.45) is 4.34. The van der Waals surface area contributed by atoms with Crippen LogP contribution in [0.25, 0.3) is 0 Å². The zero-order chi connectivity index (χ0) is 17.0. The Labute approximate surface area is 142 Å². The molecule has 0 radical (unpaired) electrons. The third-order valence-corrected chi connectivity index (χ3v) is 11.7. The lowest BCUT2D eigenvalue weighted by atomic mass is 10.1. The van der Waals surface area contributed by atoms with Gasteiger partial charge in [0.2, 0.25) is 0 Å². The molecule has 0 spiro atoms. The lowest BCUT2D eigenvalue weighted by Gasteiger charge is -2.41. The van der Waals surface area contributed by atoms with Crippen LogP contribution in [0.2, 0.25) is 5.02 Å². The lowest BCUT2D eigenvalue weighted by molar-refractivity contribution is 0.102. The van der Waals surface area contributed by atoms with Gasteiger partial charge in [0.15, 0.2) is 5.78 Å². The molecule has 1 aromatic rings. The predicted octanol–water partition coefficient (Wildman–Crippen LogP) is 6.55. The fourth-order valence-electron chi connectivity index (χ4n) is 3.29. The Kier molecular flexibility index (Phi) is 7.09. The smallest absolute Gasteiger partial charge is 0.199 e. The zero-order valence-corrected chi connectivity index (χ0v) is 16.6. The summed E-state index contributed by atoms with van der Waals surface area (Å²) >= 11 is 5.94. The third kappa shape index (κ3) is 4.56. The highest BCUT2D eigenvalue weighted by molar-refractivity contribution is 7.78. The SMILES string of the molecule is CCCC[P+](CC(=O)c1ccc(Cl)cc1)(C(C)C)C(C)(C)C. The summed E-state index contributed by atoms with van der Waals surface area (Å²) in [6, 6.07) is 7.35. The summed E-state index contributed by atoms with van der Waals surface area (Å²) in [5.74, 6) is 0.282. The quantitative estimate of drug-likeness (QED) is 0.406. The molecule has 0 heterocycles. The average Bonchev–Trinajstić information content (AvgIpc) is 2.42. The predicted molar refractivity (Wildman–Crippen MR) is 102 cm³/mol. The Hall–Kier alpha value is -0.390. The van der Waals surface area contributed by atoms with Crippen molar-refractivity contribution in [2.45, 2.75) is 65.2 Å². The van der Waals surface area contributed by atoms with Crippen LogP contribution in [-0.4, -0.2) is 28.9 Å². The molecule has 0 aromatic heterocycles. The van der Waals surface area contributed by atoms with E-state index in [0.717, 1.165) is 11.7 Å². The van der Waals surface area contributed by atoms with Crippen LogP contribution in [0.3, 0.4) is 0 Å². The van der Waals surface area contributed by atoms with Gasteiger partial charge in [-0.3, -0.25) is 4.79 Å². The molecule has 0 bridgehead atoms. The number of hydrogen-bond donors (Lipinski definition) is 0. The van der Waals surface area contributed by atoms with Gasteiger partial charge in [0.1, 0.15) is 6.16 Å². The minimum Gasteiger partial charge on any atom is -0.290 e. The van der Waals surface area contributed by atoms with Gasteiger partial charge in [0, 0.05) is 17.8 Å². The topological polar surface area (TPSA) is 17.1 Å². The monoisotopic (exact) mass is 341 g/mol. The second-order valence-electron chi connectivity index (χ2n) is 7.46. The minimum absolute atomic E-state index is 0.207. The normalized spacial score (nSPS) is 14.9. The largest absolute Gasteiger partial charge is 0.290 e. The lowest BCUT2D eigenvalue weighted by Crippen LogP contribution is -2.33. The number of benzene rings is 1. The van der Waals surface area contributed by atoms with E-state index in [1.807, 2.05) is 24.3 Å². The van der Waals surface area contributed by atoms with Crippen molar-refractivity contribution in [1.82, 2.24) is 0 Å². The average molecular weight is 342 g/mol. The summed E-state index contributed by atoms with van der Waals surface area (Å²) in [4.78, 5) is 12.9. The highest BCUT2D eigenvalue weighted by Gasteiger charge is 2.52. The van der Waals surface area contributed by atoms with Crippen molar-refractivity contribution in [2.24, 2.45) is 0 Å². The first-order chi connectivity index (χ1) is 10.1. The van der Waals surface area contributed by atoms with Crippen LogP contribution in [0, 0.1) is 0 Å². The van der Waals surface area contributed by atoms with Crippen LogP contribution in [0.1, 0.15) is 64.7 Å². The van der Waals surface area contributed by atoms with Crippen molar-refractivity contribution in [2.75, 3.05) is 12.3 Å². The summed E-state index contributed by atoms with van der Waals surface area (Å²) < 4.78 is 0. The van der Waals surface area contributed by atoms with E-state index in [1.165, 1.54) is 19.0 Å².